The maximum absolute atomic E-state index is 5.73. The van der Waals surface area contributed by atoms with Gasteiger partial charge in [0.25, 0.3) is 0 Å². The fraction of sp³-hybridized carbons (Fsp3) is 0.333. The lowest BCUT2D eigenvalue weighted by molar-refractivity contribution is 0.766. The molecule has 0 saturated heterocycles. The molecular formula is C9H13N5S. The van der Waals surface area contributed by atoms with Gasteiger partial charge in [0, 0.05) is 37.7 Å². The molecule has 5 nitrogen and oxygen atoms in total. The molecule has 0 saturated carbocycles. The van der Waals surface area contributed by atoms with E-state index in [0.717, 1.165) is 10.7 Å². The predicted molar refractivity (Wildman–Crippen MR) is 59.4 cm³/mol. The topological polar surface area (TPSA) is 72.5 Å². The van der Waals surface area contributed by atoms with Crippen molar-refractivity contribution in [2.75, 3.05) is 6.54 Å². The van der Waals surface area contributed by atoms with Crippen molar-refractivity contribution in [1.29, 1.82) is 0 Å². The lowest BCUT2D eigenvalue weighted by Gasteiger charge is -2.09. The van der Waals surface area contributed by atoms with Crippen molar-refractivity contribution in [3.05, 3.63) is 30.4 Å². The van der Waals surface area contributed by atoms with Crippen LogP contribution in [0.1, 0.15) is 10.8 Å². The molecule has 0 bridgehead atoms. The molecule has 0 amide bonds. The predicted octanol–water partition coefficient (Wildman–Crippen LogP) is 0.935. The van der Waals surface area contributed by atoms with Crippen molar-refractivity contribution in [3.8, 4) is 0 Å². The van der Waals surface area contributed by atoms with Crippen LogP contribution in [-0.4, -0.2) is 26.3 Å². The Hall–Kier alpha value is -1.27. The largest absolute Gasteiger partial charge is 0.340 e. The standard InChI is InChI=1S/C9H13N5S/c1-14-6-7(5-13-14)8(4-10)15-9-11-2-3-12-9/h2-3,5-6,8H,4,10H2,1H3,(H,11,12). The number of H-pyrrole nitrogens is 1. The number of nitrogens with two attached hydrogens (primary N) is 1. The molecule has 0 radical (unpaired) electrons. The fourth-order valence-corrected chi connectivity index (χ4v) is 2.19. The molecule has 2 aromatic heterocycles. The van der Waals surface area contributed by atoms with Gasteiger partial charge in [-0.2, -0.15) is 5.10 Å². The van der Waals surface area contributed by atoms with Crippen LogP contribution >= 0.6 is 11.8 Å². The molecule has 0 aliphatic carbocycles. The maximum atomic E-state index is 5.73. The average Bonchev–Trinajstić information content (AvgIpc) is 2.85. The van der Waals surface area contributed by atoms with Gasteiger partial charge < -0.3 is 10.7 Å². The number of nitrogens with zero attached hydrogens (tertiary/aromatic N) is 3. The zero-order valence-electron chi connectivity index (χ0n) is 8.42. The number of aromatic amines is 1. The lowest BCUT2D eigenvalue weighted by Crippen LogP contribution is -2.08. The van der Waals surface area contributed by atoms with Gasteiger partial charge >= 0.3 is 0 Å². The normalized spacial score (nSPS) is 12.9. The summed E-state index contributed by atoms with van der Waals surface area (Å²) in [5.41, 5.74) is 6.86. The minimum atomic E-state index is 0.199. The molecule has 0 aliphatic heterocycles. The van der Waals surface area contributed by atoms with Crippen molar-refractivity contribution < 1.29 is 0 Å². The summed E-state index contributed by atoms with van der Waals surface area (Å²) in [6.45, 7) is 0.567. The summed E-state index contributed by atoms with van der Waals surface area (Å²) in [6, 6.07) is 0. The average molecular weight is 223 g/mol. The Morgan fingerprint density at radius 3 is 3.07 bits per heavy atom. The fourth-order valence-electron chi connectivity index (χ4n) is 1.31. The quantitative estimate of drug-likeness (QED) is 0.756. The summed E-state index contributed by atoms with van der Waals surface area (Å²) < 4.78 is 1.78. The lowest BCUT2D eigenvalue weighted by atomic mass is 10.2. The summed E-state index contributed by atoms with van der Waals surface area (Å²) >= 11 is 1.62. The van der Waals surface area contributed by atoms with Gasteiger partial charge in [-0.05, 0) is 0 Å². The summed E-state index contributed by atoms with van der Waals surface area (Å²) in [5, 5.41) is 5.21. The molecule has 0 aliphatic rings. The van der Waals surface area contributed by atoms with Crippen LogP contribution in [0.5, 0.6) is 0 Å². The summed E-state index contributed by atoms with van der Waals surface area (Å²) in [4.78, 5) is 7.21. The SMILES string of the molecule is Cn1cc(C(CN)Sc2ncc[nH]2)cn1. The Labute approximate surface area is 92.1 Å². The van der Waals surface area contributed by atoms with E-state index in [1.807, 2.05) is 19.4 Å². The van der Waals surface area contributed by atoms with Gasteiger partial charge in [-0.25, -0.2) is 4.98 Å². The third kappa shape index (κ3) is 2.40. The highest BCUT2D eigenvalue weighted by molar-refractivity contribution is 7.99. The van der Waals surface area contributed by atoms with Crippen molar-refractivity contribution in [1.82, 2.24) is 19.7 Å². The maximum Gasteiger partial charge on any atom is 0.165 e. The van der Waals surface area contributed by atoms with Gasteiger partial charge in [0.05, 0.1) is 11.4 Å². The third-order valence-corrected chi connectivity index (χ3v) is 3.23. The van der Waals surface area contributed by atoms with Crippen molar-refractivity contribution in [2.45, 2.75) is 10.4 Å². The van der Waals surface area contributed by atoms with Gasteiger partial charge in [-0.3, -0.25) is 4.68 Å². The van der Waals surface area contributed by atoms with Crippen LogP contribution in [0.15, 0.2) is 29.9 Å². The van der Waals surface area contributed by atoms with Crippen LogP contribution in [-0.2, 0) is 7.05 Å². The Kier molecular flexibility index (Phi) is 3.08. The Morgan fingerprint density at radius 1 is 1.67 bits per heavy atom. The monoisotopic (exact) mass is 223 g/mol. The number of hydrogen-bond donors (Lipinski definition) is 2. The van der Waals surface area contributed by atoms with Crippen LogP contribution < -0.4 is 5.73 Å². The number of rotatable bonds is 4. The molecule has 0 aromatic carbocycles. The number of aromatic nitrogens is 4. The Balaban J connectivity index is 2.11. The second-order valence-electron chi connectivity index (χ2n) is 3.18. The summed E-state index contributed by atoms with van der Waals surface area (Å²) in [6.07, 6.45) is 7.36. The highest BCUT2D eigenvalue weighted by atomic mass is 32.2. The number of aryl methyl sites for hydroxylation is 1. The molecule has 1 atom stereocenters. The molecular weight excluding hydrogens is 210 g/mol. The zero-order chi connectivity index (χ0) is 10.7. The first-order chi connectivity index (χ1) is 7.29. The molecule has 1 unspecified atom stereocenters. The Morgan fingerprint density at radius 2 is 2.53 bits per heavy atom. The first kappa shape index (κ1) is 10.3. The van der Waals surface area contributed by atoms with Crippen molar-refractivity contribution >= 4 is 11.8 Å². The molecule has 2 aromatic rings. The van der Waals surface area contributed by atoms with E-state index in [4.69, 9.17) is 5.73 Å². The minimum absolute atomic E-state index is 0.199. The number of hydrogen-bond acceptors (Lipinski definition) is 4. The van der Waals surface area contributed by atoms with E-state index >= 15 is 0 Å². The summed E-state index contributed by atoms with van der Waals surface area (Å²) in [5.74, 6) is 0. The molecule has 0 fully saturated rings. The molecule has 6 heteroatoms. The van der Waals surface area contributed by atoms with Crippen molar-refractivity contribution in [2.24, 2.45) is 12.8 Å². The second kappa shape index (κ2) is 4.50. The number of nitrogens with one attached hydrogen (secondary N) is 1. The van der Waals surface area contributed by atoms with Gasteiger partial charge in [0.2, 0.25) is 0 Å². The number of imidazole rings is 1. The van der Waals surface area contributed by atoms with Gasteiger partial charge in [-0.15, -0.1) is 0 Å². The number of thioether (sulfide) groups is 1. The molecule has 15 heavy (non-hydrogen) atoms. The molecule has 2 rings (SSSR count). The van der Waals surface area contributed by atoms with E-state index in [0.29, 0.717) is 6.54 Å². The van der Waals surface area contributed by atoms with Gasteiger partial charge in [-0.1, -0.05) is 11.8 Å². The van der Waals surface area contributed by atoms with Crippen LogP contribution in [0.3, 0.4) is 0 Å². The van der Waals surface area contributed by atoms with Crippen LogP contribution in [0.2, 0.25) is 0 Å². The van der Waals surface area contributed by atoms with E-state index in [9.17, 15) is 0 Å². The minimum Gasteiger partial charge on any atom is -0.340 e. The van der Waals surface area contributed by atoms with E-state index < -0.39 is 0 Å². The molecule has 2 heterocycles. The Bertz CT molecular complexity index is 408. The third-order valence-electron chi connectivity index (χ3n) is 2.04. The van der Waals surface area contributed by atoms with Crippen molar-refractivity contribution in [3.63, 3.8) is 0 Å². The first-order valence-corrected chi connectivity index (χ1v) is 5.52. The highest BCUT2D eigenvalue weighted by Gasteiger charge is 2.14. The first-order valence-electron chi connectivity index (χ1n) is 4.64. The van der Waals surface area contributed by atoms with Gasteiger partial charge in [0.15, 0.2) is 5.16 Å². The van der Waals surface area contributed by atoms with E-state index in [-0.39, 0.29) is 5.25 Å². The molecule has 80 valence electrons. The highest BCUT2D eigenvalue weighted by Crippen LogP contribution is 2.31. The molecule has 3 N–H and O–H groups in total. The molecule has 0 spiro atoms. The van der Waals surface area contributed by atoms with Crippen LogP contribution in [0.25, 0.3) is 0 Å². The van der Waals surface area contributed by atoms with E-state index in [2.05, 4.69) is 15.1 Å². The van der Waals surface area contributed by atoms with E-state index in [1.165, 1.54) is 0 Å². The zero-order valence-corrected chi connectivity index (χ0v) is 9.24. The second-order valence-corrected chi connectivity index (χ2v) is 4.38. The summed E-state index contributed by atoms with van der Waals surface area (Å²) in [7, 11) is 1.90. The van der Waals surface area contributed by atoms with Crippen LogP contribution in [0, 0.1) is 0 Å². The smallest absolute Gasteiger partial charge is 0.165 e. The van der Waals surface area contributed by atoms with Crippen LogP contribution in [0.4, 0.5) is 0 Å². The van der Waals surface area contributed by atoms with E-state index in [1.54, 1.807) is 28.8 Å². The van der Waals surface area contributed by atoms with Gasteiger partial charge in [0.1, 0.15) is 0 Å².